The summed E-state index contributed by atoms with van der Waals surface area (Å²) < 4.78 is 5.18. The maximum Gasteiger partial charge on any atom is 0.118 e. The number of hydrogen-bond acceptors (Lipinski definition) is 1. The Morgan fingerprint density at radius 3 is 2.27 bits per heavy atom. The third-order valence-electron chi connectivity index (χ3n) is 3.95. The molecule has 2 aromatic rings. The smallest absolute Gasteiger partial charge is 0.118 e. The zero-order chi connectivity index (χ0) is 16.0. The van der Waals surface area contributed by atoms with Gasteiger partial charge >= 0.3 is 0 Å². The fourth-order valence-electron chi connectivity index (χ4n) is 2.36. The van der Waals surface area contributed by atoms with E-state index in [0.717, 1.165) is 11.8 Å². The van der Waals surface area contributed by atoms with Crippen LogP contribution < -0.4 is 4.74 Å². The fraction of sp³-hybridized carbons (Fsp3) is 0.200. The number of rotatable bonds is 6. The molecule has 0 aliphatic rings. The molecule has 114 valence electrons. The lowest BCUT2D eigenvalue weighted by Crippen LogP contribution is -2.31. The molecule has 2 rings (SSSR count). The summed E-state index contributed by atoms with van der Waals surface area (Å²) in [5.74, 6) is 0.884. The van der Waals surface area contributed by atoms with Crippen LogP contribution in [0.15, 0.2) is 72.4 Å². The normalized spacial score (nSPS) is 11.6. The summed E-state index contributed by atoms with van der Waals surface area (Å²) >= 11 is 0. The van der Waals surface area contributed by atoms with E-state index in [9.17, 15) is 0 Å². The summed E-state index contributed by atoms with van der Waals surface area (Å²) in [4.78, 5) is 0. The minimum absolute atomic E-state index is 0.884. The van der Waals surface area contributed by atoms with E-state index in [0.29, 0.717) is 0 Å². The van der Waals surface area contributed by atoms with Crippen molar-refractivity contribution in [3.63, 3.8) is 0 Å². The van der Waals surface area contributed by atoms with Crippen LogP contribution in [0.2, 0.25) is 13.1 Å². The first-order chi connectivity index (χ1) is 10.5. The zero-order valence-corrected chi connectivity index (χ0v) is 14.7. The summed E-state index contributed by atoms with van der Waals surface area (Å²) in [6.07, 6.45) is 4.32. The standard InChI is InChI=1S/C20H24OSi/c1-17(10-11-18-12-14-20(21-2)15-13-18)22(3,4)16-19-8-6-5-7-9-19/h5-15H,1,16H2,2-4H3/b11-10+. The van der Waals surface area contributed by atoms with E-state index in [4.69, 9.17) is 4.74 Å². The third kappa shape index (κ3) is 4.47. The van der Waals surface area contributed by atoms with Gasteiger partial charge in [0.25, 0.3) is 0 Å². The SMILES string of the molecule is C=C(/C=C/c1ccc(OC)cc1)[Si](C)(C)Cc1ccccc1. The highest BCUT2D eigenvalue weighted by molar-refractivity contribution is 6.84. The maximum absolute atomic E-state index is 5.18. The highest BCUT2D eigenvalue weighted by Crippen LogP contribution is 2.21. The molecule has 2 aromatic carbocycles. The molecule has 2 heteroatoms. The fourth-order valence-corrected chi connectivity index (χ4v) is 4.38. The molecule has 0 radical (unpaired) electrons. The third-order valence-corrected chi connectivity index (χ3v) is 7.15. The minimum Gasteiger partial charge on any atom is -0.497 e. The van der Waals surface area contributed by atoms with Gasteiger partial charge in [0.1, 0.15) is 5.75 Å². The van der Waals surface area contributed by atoms with Gasteiger partial charge in [-0.25, -0.2) is 0 Å². The Morgan fingerprint density at radius 2 is 1.68 bits per heavy atom. The van der Waals surface area contributed by atoms with Crippen molar-refractivity contribution in [3.05, 3.63) is 83.6 Å². The summed E-state index contributed by atoms with van der Waals surface area (Å²) in [6.45, 7) is 9.07. The number of methoxy groups -OCH3 is 1. The second kappa shape index (κ2) is 7.28. The number of benzene rings is 2. The van der Waals surface area contributed by atoms with Gasteiger partial charge in [0, 0.05) is 0 Å². The van der Waals surface area contributed by atoms with Gasteiger partial charge in [0.2, 0.25) is 0 Å². The first kappa shape index (κ1) is 16.3. The average Bonchev–Trinajstić information content (AvgIpc) is 2.53. The molecule has 0 saturated heterocycles. The Bertz CT molecular complexity index is 639. The van der Waals surface area contributed by atoms with Crippen molar-refractivity contribution in [2.24, 2.45) is 0 Å². The van der Waals surface area contributed by atoms with E-state index < -0.39 is 8.07 Å². The van der Waals surface area contributed by atoms with Gasteiger partial charge in [0.05, 0.1) is 15.2 Å². The lowest BCUT2D eigenvalue weighted by Gasteiger charge is -2.23. The van der Waals surface area contributed by atoms with Crippen molar-refractivity contribution in [2.45, 2.75) is 19.1 Å². The van der Waals surface area contributed by atoms with Crippen molar-refractivity contribution in [2.75, 3.05) is 7.11 Å². The Kier molecular flexibility index (Phi) is 5.39. The monoisotopic (exact) mass is 308 g/mol. The minimum atomic E-state index is -1.53. The van der Waals surface area contributed by atoms with Crippen molar-refractivity contribution in [1.29, 1.82) is 0 Å². The topological polar surface area (TPSA) is 9.23 Å². The van der Waals surface area contributed by atoms with Crippen LogP contribution in [-0.4, -0.2) is 15.2 Å². The quantitative estimate of drug-likeness (QED) is 0.520. The lowest BCUT2D eigenvalue weighted by molar-refractivity contribution is 0.415. The van der Waals surface area contributed by atoms with Crippen LogP contribution in [0.3, 0.4) is 0 Å². The van der Waals surface area contributed by atoms with Gasteiger partial charge in [-0.2, -0.15) is 0 Å². The molecule has 0 heterocycles. The molecule has 0 unspecified atom stereocenters. The van der Waals surface area contributed by atoms with Gasteiger partial charge < -0.3 is 4.74 Å². The molecule has 1 nitrogen and oxygen atoms in total. The molecule has 0 amide bonds. The first-order valence-corrected chi connectivity index (χ1v) is 10.8. The Hall–Kier alpha value is -2.06. The zero-order valence-electron chi connectivity index (χ0n) is 13.7. The lowest BCUT2D eigenvalue weighted by atomic mass is 10.2. The summed E-state index contributed by atoms with van der Waals surface area (Å²) in [6, 6.07) is 19.9. The molecule has 22 heavy (non-hydrogen) atoms. The molecule has 0 N–H and O–H groups in total. The van der Waals surface area contributed by atoms with Crippen LogP contribution >= 0.6 is 0 Å². The van der Waals surface area contributed by atoms with Gasteiger partial charge in [0.15, 0.2) is 0 Å². The molecule has 0 bridgehead atoms. The molecule has 0 aromatic heterocycles. The Balaban J connectivity index is 2.04. The predicted molar refractivity (Wildman–Crippen MR) is 98.8 cm³/mol. The van der Waals surface area contributed by atoms with E-state index in [-0.39, 0.29) is 0 Å². The van der Waals surface area contributed by atoms with E-state index >= 15 is 0 Å². The molecule has 0 atom stereocenters. The van der Waals surface area contributed by atoms with Gasteiger partial charge in [-0.3, -0.25) is 0 Å². The summed E-state index contributed by atoms with van der Waals surface area (Å²) in [7, 11) is 0.160. The molecule has 0 aliphatic carbocycles. The highest BCUT2D eigenvalue weighted by Gasteiger charge is 2.23. The van der Waals surface area contributed by atoms with Crippen LogP contribution in [0.4, 0.5) is 0 Å². The average molecular weight is 308 g/mol. The van der Waals surface area contributed by atoms with Crippen molar-refractivity contribution in [3.8, 4) is 5.75 Å². The van der Waals surface area contributed by atoms with Crippen LogP contribution in [0, 0.1) is 0 Å². The van der Waals surface area contributed by atoms with E-state index in [2.05, 4.69) is 74.3 Å². The number of ether oxygens (including phenoxy) is 1. The van der Waals surface area contributed by atoms with Crippen LogP contribution in [0.1, 0.15) is 11.1 Å². The molecule has 0 aliphatic heterocycles. The highest BCUT2D eigenvalue weighted by atomic mass is 28.3. The molecular formula is C20H24OSi. The second-order valence-electron chi connectivity index (χ2n) is 6.18. The Labute approximate surface area is 135 Å². The molecular weight excluding hydrogens is 284 g/mol. The van der Waals surface area contributed by atoms with Gasteiger partial charge in [-0.15, -0.1) is 0 Å². The van der Waals surface area contributed by atoms with Crippen molar-refractivity contribution in [1.82, 2.24) is 0 Å². The molecule has 0 spiro atoms. The number of hydrogen-bond donors (Lipinski definition) is 0. The molecule has 0 fully saturated rings. The van der Waals surface area contributed by atoms with Crippen molar-refractivity contribution < 1.29 is 4.74 Å². The van der Waals surface area contributed by atoms with Gasteiger partial charge in [-0.05, 0) is 23.7 Å². The van der Waals surface area contributed by atoms with E-state index in [1.54, 1.807) is 7.11 Å². The summed E-state index contributed by atoms with van der Waals surface area (Å²) in [5.41, 5.74) is 2.57. The first-order valence-electron chi connectivity index (χ1n) is 7.57. The maximum atomic E-state index is 5.18. The van der Waals surface area contributed by atoms with E-state index in [1.807, 2.05) is 12.1 Å². The van der Waals surface area contributed by atoms with Crippen LogP contribution in [0.5, 0.6) is 5.75 Å². The number of allylic oxidation sites excluding steroid dienone is 2. The molecule has 0 saturated carbocycles. The van der Waals surface area contributed by atoms with Crippen LogP contribution in [0.25, 0.3) is 6.08 Å². The van der Waals surface area contributed by atoms with Crippen LogP contribution in [-0.2, 0) is 6.04 Å². The largest absolute Gasteiger partial charge is 0.497 e. The van der Waals surface area contributed by atoms with E-state index in [1.165, 1.54) is 16.3 Å². The van der Waals surface area contributed by atoms with Crippen molar-refractivity contribution >= 4 is 14.1 Å². The predicted octanol–water partition coefficient (Wildman–Crippen LogP) is 5.29. The second-order valence-corrected chi connectivity index (χ2v) is 10.9. The van der Waals surface area contributed by atoms with Gasteiger partial charge in [-0.1, -0.05) is 85.0 Å². The summed E-state index contributed by atoms with van der Waals surface area (Å²) in [5, 5.41) is 1.27. The Morgan fingerprint density at radius 1 is 1.05 bits per heavy atom.